The number of benzene rings is 1. The SMILES string of the molecule is CCOC(=O)C1(C(F)(F)F)C/C1=C\c1ccc(Br)cc1. The minimum atomic E-state index is -4.62. The average molecular weight is 349 g/mol. The highest BCUT2D eigenvalue weighted by Gasteiger charge is 2.73. The molecule has 0 radical (unpaired) electrons. The molecule has 1 aliphatic carbocycles. The largest absolute Gasteiger partial charge is 0.465 e. The van der Waals surface area contributed by atoms with Crippen LogP contribution in [0.15, 0.2) is 34.3 Å². The summed E-state index contributed by atoms with van der Waals surface area (Å²) in [7, 11) is 0. The van der Waals surface area contributed by atoms with Crippen molar-refractivity contribution >= 4 is 28.0 Å². The van der Waals surface area contributed by atoms with E-state index in [9.17, 15) is 18.0 Å². The molecule has 0 bridgehead atoms. The van der Waals surface area contributed by atoms with E-state index in [0.29, 0.717) is 5.56 Å². The lowest BCUT2D eigenvalue weighted by Crippen LogP contribution is -2.34. The molecule has 1 aliphatic rings. The van der Waals surface area contributed by atoms with Crippen LogP contribution < -0.4 is 0 Å². The molecule has 1 unspecified atom stereocenters. The second kappa shape index (κ2) is 5.24. The van der Waals surface area contributed by atoms with Gasteiger partial charge < -0.3 is 4.74 Å². The Balaban J connectivity index is 2.31. The third kappa shape index (κ3) is 2.61. The summed E-state index contributed by atoms with van der Waals surface area (Å²) < 4.78 is 44.8. The van der Waals surface area contributed by atoms with Crippen LogP contribution in [0.1, 0.15) is 18.9 Å². The van der Waals surface area contributed by atoms with Crippen molar-refractivity contribution in [1.29, 1.82) is 0 Å². The second-order valence-electron chi connectivity index (χ2n) is 4.52. The second-order valence-corrected chi connectivity index (χ2v) is 5.44. The van der Waals surface area contributed by atoms with Crippen LogP contribution in [0.2, 0.25) is 0 Å². The van der Waals surface area contributed by atoms with E-state index in [0.717, 1.165) is 4.47 Å². The number of carbonyl (C=O) groups excluding carboxylic acids is 1. The van der Waals surface area contributed by atoms with E-state index in [4.69, 9.17) is 0 Å². The maximum atomic E-state index is 13.1. The standard InChI is InChI=1S/C14H12BrF3O2/c1-2-20-12(19)13(14(16,17)18)8-10(13)7-9-3-5-11(15)6-4-9/h3-7H,2,8H2,1H3/b10-7+. The lowest BCUT2D eigenvalue weighted by atomic mass is 10.0. The Morgan fingerprint density at radius 3 is 2.50 bits per heavy atom. The maximum Gasteiger partial charge on any atom is 0.408 e. The highest BCUT2D eigenvalue weighted by Crippen LogP contribution is 2.63. The summed E-state index contributed by atoms with van der Waals surface area (Å²) in [4.78, 5) is 11.6. The first kappa shape index (κ1) is 15.1. The molecule has 1 atom stereocenters. The van der Waals surface area contributed by atoms with E-state index in [-0.39, 0.29) is 18.6 Å². The molecule has 1 aromatic rings. The Labute approximate surface area is 122 Å². The van der Waals surface area contributed by atoms with Gasteiger partial charge in [0.15, 0.2) is 5.41 Å². The summed E-state index contributed by atoms with van der Waals surface area (Å²) in [5, 5.41) is 0. The maximum absolute atomic E-state index is 13.1. The Hall–Kier alpha value is -1.30. The molecule has 0 aliphatic heterocycles. The highest BCUT2D eigenvalue weighted by molar-refractivity contribution is 9.10. The smallest absolute Gasteiger partial charge is 0.408 e. The van der Waals surface area contributed by atoms with Crippen molar-refractivity contribution in [2.75, 3.05) is 6.61 Å². The van der Waals surface area contributed by atoms with Gasteiger partial charge >= 0.3 is 12.1 Å². The lowest BCUT2D eigenvalue weighted by Gasteiger charge is -2.17. The molecule has 0 spiro atoms. The van der Waals surface area contributed by atoms with Gasteiger partial charge in [0.2, 0.25) is 0 Å². The normalized spacial score (nSPS) is 23.8. The summed E-state index contributed by atoms with van der Waals surface area (Å²) in [5.74, 6) is -1.21. The molecule has 0 heterocycles. The summed E-state index contributed by atoms with van der Waals surface area (Å²) in [5.41, 5.74) is -1.78. The van der Waals surface area contributed by atoms with Crippen LogP contribution >= 0.6 is 15.9 Å². The van der Waals surface area contributed by atoms with Crippen LogP contribution in [0.3, 0.4) is 0 Å². The Morgan fingerprint density at radius 1 is 1.40 bits per heavy atom. The number of carbonyl (C=O) groups is 1. The quantitative estimate of drug-likeness (QED) is 0.759. The Morgan fingerprint density at radius 2 is 2.00 bits per heavy atom. The third-order valence-corrected chi connectivity index (χ3v) is 3.73. The molecule has 2 nitrogen and oxygen atoms in total. The minimum absolute atomic E-state index is 0.0470. The van der Waals surface area contributed by atoms with Crippen LogP contribution in [0, 0.1) is 5.41 Å². The van der Waals surface area contributed by atoms with Crippen molar-refractivity contribution in [1.82, 2.24) is 0 Å². The van der Waals surface area contributed by atoms with Crippen molar-refractivity contribution in [3.8, 4) is 0 Å². The van der Waals surface area contributed by atoms with Gasteiger partial charge in [-0.3, -0.25) is 4.79 Å². The fourth-order valence-electron chi connectivity index (χ4n) is 2.03. The van der Waals surface area contributed by atoms with Gasteiger partial charge in [-0.2, -0.15) is 13.2 Å². The van der Waals surface area contributed by atoms with Gasteiger partial charge in [-0.25, -0.2) is 0 Å². The molecule has 6 heteroatoms. The van der Waals surface area contributed by atoms with Gasteiger partial charge in [0, 0.05) is 4.47 Å². The molecule has 108 valence electrons. The van der Waals surface area contributed by atoms with Crippen molar-refractivity contribution in [2.45, 2.75) is 19.5 Å². The van der Waals surface area contributed by atoms with E-state index in [1.165, 1.54) is 13.0 Å². The van der Waals surface area contributed by atoms with Crippen LogP contribution in [-0.4, -0.2) is 18.8 Å². The van der Waals surface area contributed by atoms with Gasteiger partial charge in [-0.15, -0.1) is 0 Å². The first-order valence-electron chi connectivity index (χ1n) is 6.02. The van der Waals surface area contributed by atoms with Crippen LogP contribution in [0.25, 0.3) is 6.08 Å². The highest BCUT2D eigenvalue weighted by atomic mass is 79.9. The number of esters is 1. The number of hydrogen-bond acceptors (Lipinski definition) is 2. The molecule has 0 aromatic heterocycles. The number of halogens is 4. The zero-order chi connectivity index (χ0) is 15.0. The molecule has 2 rings (SSSR count). The summed E-state index contributed by atoms with van der Waals surface area (Å²) in [6.45, 7) is 1.42. The molecule has 1 aromatic carbocycles. The first-order valence-corrected chi connectivity index (χ1v) is 6.81. The van der Waals surface area contributed by atoms with E-state index in [1.54, 1.807) is 24.3 Å². The number of ether oxygens (including phenoxy) is 1. The third-order valence-electron chi connectivity index (χ3n) is 3.20. The van der Waals surface area contributed by atoms with E-state index < -0.39 is 17.6 Å². The molecular formula is C14H12BrF3O2. The number of rotatable bonds is 3. The molecular weight excluding hydrogens is 337 g/mol. The minimum Gasteiger partial charge on any atom is -0.465 e. The molecule has 0 amide bonds. The van der Waals surface area contributed by atoms with Crippen LogP contribution in [-0.2, 0) is 9.53 Å². The fourth-order valence-corrected chi connectivity index (χ4v) is 2.30. The number of hydrogen-bond donors (Lipinski definition) is 0. The van der Waals surface area contributed by atoms with Crippen molar-refractivity contribution in [2.24, 2.45) is 5.41 Å². The summed E-state index contributed by atoms with van der Waals surface area (Å²) in [6.07, 6.45) is -3.55. The predicted molar refractivity (Wildman–Crippen MR) is 71.9 cm³/mol. The Bertz CT molecular complexity index is 549. The average Bonchev–Trinajstić information content (AvgIpc) is 3.08. The zero-order valence-electron chi connectivity index (χ0n) is 10.6. The lowest BCUT2D eigenvalue weighted by molar-refractivity contribution is -0.202. The molecule has 20 heavy (non-hydrogen) atoms. The Kier molecular flexibility index (Phi) is 3.95. The monoisotopic (exact) mass is 348 g/mol. The van der Waals surface area contributed by atoms with E-state index in [2.05, 4.69) is 20.7 Å². The molecule has 1 fully saturated rings. The van der Waals surface area contributed by atoms with Crippen LogP contribution in [0.4, 0.5) is 13.2 Å². The molecule has 0 saturated heterocycles. The molecule has 0 N–H and O–H groups in total. The van der Waals surface area contributed by atoms with Gasteiger partial charge in [0.25, 0.3) is 0 Å². The van der Waals surface area contributed by atoms with Gasteiger partial charge in [-0.1, -0.05) is 34.1 Å². The number of alkyl halides is 3. The van der Waals surface area contributed by atoms with Crippen molar-refractivity contribution < 1.29 is 22.7 Å². The first-order chi connectivity index (χ1) is 9.31. The van der Waals surface area contributed by atoms with Gasteiger partial charge in [-0.05, 0) is 36.6 Å². The van der Waals surface area contributed by atoms with Gasteiger partial charge in [0.1, 0.15) is 0 Å². The molecule has 1 saturated carbocycles. The summed E-state index contributed by atoms with van der Waals surface area (Å²) in [6, 6.07) is 6.83. The fraction of sp³-hybridized carbons (Fsp3) is 0.357. The topological polar surface area (TPSA) is 26.3 Å². The zero-order valence-corrected chi connectivity index (χ0v) is 12.2. The predicted octanol–water partition coefficient (Wildman–Crippen LogP) is 4.35. The van der Waals surface area contributed by atoms with Crippen molar-refractivity contribution in [3.05, 3.63) is 39.9 Å². The van der Waals surface area contributed by atoms with Crippen LogP contribution in [0.5, 0.6) is 0 Å². The summed E-state index contributed by atoms with van der Waals surface area (Å²) >= 11 is 3.25. The van der Waals surface area contributed by atoms with E-state index >= 15 is 0 Å². The van der Waals surface area contributed by atoms with Gasteiger partial charge in [0.05, 0.1) is 6.61 Å². The van der Waals surface area contributed by atoms with E-state index in [1.807, 2.05) is 0 Å². The van der Waals surface area contributed by atoms with Crippen molar-refractivity contribution in [3.63, 3.8) is 0 Å².